The van der Waals surface area contributed by atoms with Crippen molar-refractivity contribution in [3.63, 3.8) is 0 Å². The molecule has 2 rings (SSSR count). The van der Waals surface area contributed by atoms with Crippen LogP contribution in [-0.2, 0) is 0 Å². The van der Waals surface area contributed by atoms with Crippen LogP contribution in [-0.4, -0.2) is 22.3 Å². The summed E-state index contributed by atoms with van der Waals surface area (Å²) in [6, 6.07) is 9.47. The highest BCUT2D eigenvalue weighted by Crippen LogP contribution is 2.34. The standard InChI is InChI=1S/C11H9NO2S2/c1-15-11-12-8(10(13)14)9(16-11)7-5-3-2-4-6-7/h2-6H,1H3,(H,13,14). The lowest BCUT2D eigenvalue weighted by Crippen LogP contribution is -1.98. The fraction of sp³-hybridized carbons (Fsp3) is 0.0909. The van der Waals surface area contributed by atoms with Crippen molar-refractivity contribution in [2.75, 3.05) is 6.26 Å². The number of thiazole rings is 1. The largest absolute Gasteiger partial charge is 0.476 e. The summed E-state index contributed by atoms with van der Waals surface area (Å²) >= 11 is 2.87. The van der Waals surface area contributed by atoms with Crippen LogP contribution in [0.1, 0.15) is 10.5 Å². The van der Waals surface area contributed by atoms with Crippen LogP contribution in [0, 0.1) is 0 Å². The van der Waals surface area contributed by atoms with Gasteiger partial charge in [0.05, 0.1) is 4.88 Å². The molecule has 0 saturated heterocycles. The van der Waals surface area contributed by atoms with Gasteiger partial charge in [-0.3, -0.25) is 0 Å². The summed E-state index contributed by atoms with van der Waals surface area (Å²) in [5.41, 5.74) is 1.04. The van der Waals surface area contributed by atoms with Crippen LogP contribution >= 0.6 is 23.1 Å². The van der Waals surface area contributed by atoms with Crippen molar-refractivity contribution >= 4 is 29.1 Å². The number of carboxylic acid groups (broad SMARTS) is 1. The molecule has 16 heavy (non-hydrogen) atoms. The van der Waals surface area contributed by atoms with Crippen LogP contribution in [0.15, 0.2) is 34.7 Å². The van der Waals surface area contributed by atoms with Crippen molar-refractivity contribution in [1.29, 1.82) is 0 Å². The molecule has 0 aliphatic heterocycles. The zero-order valence-corrected chi connectivity index (χ0v) is 10.1. The Balaban J connectivity index is 2.55. The maximum atomic E-state index is 11.1. The van der Waals surface area contributed by atoms with E-state index in [2.05, 4.69) is 4.98 Å². The van der Waals surface area contributed by atoms with Crippen LogP contribution in [0.5, 0.6) is 0 Å². The SMILES string of the molecule is CSc1nc(C(=O)O)c(-c2ccccc2)s1. The topological polar surface area (TPSA) is 50.2 Å². The molecule has 0 amide bonds. The Morgan fingerprint density at radius 1 is 1.38 bits per heavy atom. The third-order valence-corrected chi connectivity index (χ3v) is 4.11. The number of hydrogen-bond acceptors (Lipinski definition) is 4. The van der Waals surface area contributed by atoms with E-state index in [0.717, 1.165) is 14.8 Å². The van der Waals surface area contributed by atoms with E-state index in [4.69, 9.17) is 5.11 Å². The van der Waals surface area contributed by atoms with Crippen LogP contribution in [0.25, 0.3) is 10.4 Å². The highest BCUT2D eigenvalue weighted by atomic mass is 32.2. The van der Waals surface area contributed by atoms with Crippen molar-refractivity contribution in [1.82, 2.24) is 4.98 Å². The van der Waals surface area contributed by atoms with Crippen LogP contribution in [0.4, 0.5) is 0 Å². The number of thioether (sulfide) groups is 1. The van der Waals surface area contributed by atoms with Crippen molar-refractivity contribution < 1.29 is 9.90 Å². The van der Waals surface area contributed by atoms with E-state index < -0.39 is 5.97 Å². The minimum absolute atomic E-state index is 0.139. The third-order valence-electron chi connectivity index (χ3n) is 2.02. The van der Waals surface area contributed by atoms with Gasteiger partial charge in [0, 0.05) is 0 Å². The molecule has 0 bridgehead atoms. The van der Waals surface area contributed by atoms with Gasteiger partial charge in [-0.15, -0.1) is 11.3 Å². The van der Waals surface area contributed by atoms with Crippen LogP contribution in [0.2, 0.25) is 0 Å². The van der Waals surface area contributed by atoms with E-state index in [1.54, 1.807) is 0 Å². The molecule has 1 heterocycles. The van der Waals surface area contributed by atoms with Gasteiger partial charge >= 0.3 is 5.97 Å². The lowest BCUT2D eigenvalue weighted by atomic mass is 10.1. The third kappa shape index (κ3) is 2.10. The molecule has 5 heteroatoms. The summed E-state index contributed by atoms with van der Waals surface area (Å²) in [7, 11) is 0. The second-order valence-corrected chi connectivity index (χ2v) is 5.09. The first-order valence-corrected chi connectivity index (χ1v) is 6.60. The van der Waals surface area contributed by atoms with E-state index in [1.807, 2.05) is 36.6 Å². The first-order chi connectivity index (χ1) is 7.72. The maximum Gasteiger partial charge on any atom is 0.356 e. The molecule has 0 aliphatic carbocycles. The van der Waals surface area contributed by atoms with Crippen molar-refractivity contribution in [3.05, 3.63) is 36.0 Å². The molecule has 3 nitrogen and oxygen atoms in total. The molecule has 0 saturated carbocycles. The summed E-state index contributed by atoms with van der Waals surface area (Å²) in [5.74, 6) is -0.976. The molecule has 0 unspecified atom stereocenters. The Hall–Kier alpha value is -1.33. The van der Waals surface area contributed by atoms with Crippen molar-refractivity contribution in [2.24, 2.45) is 0 Å². The summed E-state index contributed by atoms with van der Waals surface area (Å²) in [6.07, 6.45) is 1.89. The summed E-state index contributed by atoms with van der Waals surface area (Å²) in [5, 5.41) is 9.07. The number of nitrogens with zero attached hydrogens (tertiary/aromatic N) is 1. The zero-order valence-electron chi connectivity index (χ0n) is 8.51. The van der Waals surface area contributed by atoms with E-state index in [0.29, 0.717) is 0 Å². The molecular weight excluding hydrogens is 242 g/mol. The smallest absolute Gasteiger partial charge is 0.356 e. The summed E-state index contributed by atoms with van der Waals surface area (Å²) in [6.45, 7) is 0. The molecule has 0 spiro atoms. The van der Waals surface area contributed by atoms with Gasteiger partial charge in [-0.2, -0.15) is 0 Å². The van der Waals surface area contributed by atoms with Crippen LogP contribution < -0.4 is 0 Å². The lowest BCUT2D eigenvalue weighted by molar-refractivity contribution is 0.0691. The molecule has 82 valence electrons. The zero-order chi connectivity index (χ0) is 11.5. The van der Waals surface area contributed by atoms with Gasteiger partial charge in [-0.05, 0) is 11.8 Å². The Bertz CT molecular complexity index is 508. The number of rotatable bonds is 3. The fourth-order valence-corrected chi connectivity index (χ4v) is 2.88. The molecule has 1 aromatic carbocycles. The van der Waals surface area contributed by atoms with E-state index in [-0.39, 0.29) is 5.69 Å². The van der Waals surface area contributed by atoms with E-state index >= 15 is 0 Å². The number of aromatic carboxylic acids is 1. The first kappa shape index (κ1) is 11.2. The van der Waals surface area contributed by atoms with Gasteiger partial charge < -0.3 is 5.11 Å². The van der Waals surface area contributed by atoms with Crippen molar-refractivity contribution in [3.8, 4) is 10.4 Å². The molecule has 2 aromatic rings. The van der Waals surface area contributed by atoms with Gasteiger partial charge in [-0.25, -0.2) is 9.78 Å². The predicted molar refractivity (Wildman–Crippen MR) is 66.3 cm³/mol. The summed E-state index contributed by atoms with van der Waals surface area (Å²) < 4.78 is 0.774. The molecule has 1 aromatic heterocycles. The van der Waals surface area contributed by atoms with Gasteiger partial charge in [0.15, 0.2) is 10.0 Å². The molecular formula is C11H9NO2S2. The Kier molecular flexibility index (Phi) is 3.26. The molecule has 0 radical (unpaired) electrons. The number of hydrogen-bond donors (Lipinski definition) is 1. The highest BCUT2D eigenvalue weighted by Gasteiger charge is 2.17. The number of benzene rings is 1. The Labute approximate surface area is 101 Å². The normalized spacial score (nSPS) is 10.3. The molecule has 1 N–H and O–H groups in total. The minimum atomic E-state index is -0.976. The van der Waals surface area contributed by atoms with Crippen molar-refractivity contribution in [2.45, 2.75) is 4.34 Å². The van der Waals surface area contributed by atoms with Gasteiger partial charge in [-0.1, -0.05) is 42.1 Å². The van der Waals surface area contributed by atoms with Gasteiger partial charge in [0.2, 0.25) is 0 Å². The Morgan fingerprint density at radius 3 is 2.62 bits per heavy atom. The van der Waals surface area contributed by atoms with E-state index in [1.165, 1.54) is 23.1 Å². The molecule has 0 aliphatic rings. The lowest BCUT2D eigenvalue weighted by Gasteiger charge is -1.97. The van der Waals surface area contributed by atoms with Gasteiger partial charge in [0.25, 0.3) is 0 Å². The second kappa shape index (κ2) is 4.67. The maximum absolute atomic E-state index is 11.1. The number of carboxylic acids is 1. The number of aromatic nitrogens is 1. The quantitative estimate of drug-likeness (QED) is 0.851. The van der Waals surface area contributed by atoms with Crippen LogP contribution in [0.3, 0.4) is 0 Å². The average Bonchev–Trinajstić information content (AvgIpc) is 2.74. The van der Waals surface area contributed by atoms with Gasteiger partial charge in [0.1, 0.15) is 0 Å². The minimum Gasteiger partial charge on any atom is -0.476 e. The number of carbonyl (C=O) groups is 1. The highest BCUT2D eigenvalue weighted by molar-refractivity contribution is 8.00. The predicted octanol–water partition coefficient (Wildman–Crippen LogP) is 3.23. The summed E-state index contributed by atoms with van der Waals surface area (Å²) in [4.78, 5) is 15.9. The monoisotopic (exact) mass is 251 g/mol. The fourth-order valence-electron chi connectivity index (χ4n) is 1.32. The Morgan fingerprint density at radius 2 is 2.06 bits per heavy atom. The second-order valence-electron chi connectivity index (χ2n) is 3.03. The molecule has 0 atom stereocenters. The average molecular weight is 251 g/mol. The first-order valence-electron chi connectivity index (χ1n) is 4.56. The molecule has 0 fully saturated rings. The van der Waals surface area contributed by atoms with E-state index in [9.17, 15) is 4.79 Å².